The van der Waals surface area contributed by atoms with Gasteiger partial charge in [0.25, 0.3) is 0 Å². The molecule has 0 fully saturated rings. The number of anilines is 1. The van der Waals surface area contributed by atoms with Crippen LogP contribution in [0.4, 0.5) is 5.00 Å². The topological polar surface area (TPSA) is 55.4 Å². The Kier molecular flexibility index (Phi) is 6.32. The van der Waals surface area contributed by atoms with Gasteiger partial charge in [0.2, 0.25) is 5.91 Å². The largest absolute Gasteiger partial charge is 0.462 e. The number of amides is 1. The first-order valence-electron chi connectivity index (χ1n) is 9.72. The Balaban J connectivity index is 1.92. The Hall–Kier alpha value is -2.14. The maximum Gasteiger partial charge on any atom is 0.341 e. The molecule has 27 heavy (non-hydrogen) atoms. The summed E-state index contributed by atoms with van der Waals surface area (Å²) in [4.78, 5) is 26.2. The average molecular weight is 386 g/mol. The molecule has 144 valence electrons. The van der Waals surface area contributed by atoms with E-state index in [1.165, 1.54) is 21.8 Å². The smallest absolute Gasteiger partial charge is 0.341 e. The molecular weight excluding hydrogens is 358 g/mol. The molecule has 1 N–H and O–H groups in total. The molecule has 3 rings (SSSR count). The molecule has 1 amide bonds. The predicted octanol–water partition coefficient (Wildman–Crippen LogP) is 5.18. The Bertz CT molecular complexity index is 812. The van der Waals surface area contributed by atoms with Crippen molar-refractivity contribution in [2.45, 2.75) is 52.4 Å². The molecule has 0 spiro atoms. The third kappa shape index (κ3) is 4.24. The Morgan fingerprint density at radius 3 is 2.67 bits per heavy atom. The van der Waals surface area contributed by atoms with E-state index in [2.05, 4.69) is 29.6 Å². The molecule has 1 aliphatic rings. The summed E-state index contributed by atoms with van der Waals surface area (Å²) in [6.07, 6.45) is 3.50. The summed E-state index contributed by atoms with van der Waals surface area (Å²) in [6.45, 7) is 6.02. The van der Waals surface area contributed by atoms with Crippen molar-refractivity contribution in [3.05, 3.63) is 51.9 Å². The monoisotopic (exact) mass is 385 g/mol. The molecule has 0 saturated heterocycles. The van der Waals surface area contributed by atoms with Crippen LogP contribution in [0.5, 0.6) is 0 Å². The zero-order valence-electron chi connectivity index (χ0n) is 16.2. The van der Waals surface area contributed by atoms with Gasteiger partial charge in [-0.05, 0) is 49.7 Å². The zero-order valence-corrected chi connectivity index (χ0v) is 17.0. The van der Waals surface area contributed by atoms with Gasteiger partial charge in [0.15, 0.2) is 0 Å². The van der Waals surface area contributed by atoms with Crippen LogP contribution in [0.15, 0.2) is 30.3 Å². The molecule has 0 aliphatic heterocycles. The standard InChI is InChI=1S/C22H27NO3S/c1-4-14(3)20(24)23-21-19(22(25)26-5-2)17-12-11-16(13-18(17)27-21)15-9-7-6-8-10-15/h6-10,14,16H,4-5,11-13H2,1-3H3,(H,23,24)/t14-,16-/m0/s1. The van der Waals surface area contributed by atoms with Crippen LogP contribution in [0.3, 0.4) is 0 Å². The van der Waals surface area contributed by atoms with E-state index in [-0.39, 0.29) is 17.8 Å². The van der Waals surface area contributed by atoms with Gasteiger partial charge in [0.1, 0.15) is 5.00 Å². The number of carbonyl (C=O) groups excluding carboxylic acids is 2. The first kappa shape index (κ1) is 19.6. The van der Waals surface area contributed by atoms with Gasteiger partial charge in [-0.25, -0.2) is 4.79 Å². The van der Waals surface area contributed by atoms with Crippen LogP contribution in [0, 0.1) is 5.92 Å². The average Bonchev–Trinajstić information content (AvgIpc) is 3.05. The van der Waals surface area contributed by atoms with Crippen molar-refractivity contribution in [2.75, 3.05) is 11.9 Å². The first-order chi connectivity index (χ1) is 13.0. The number of benzene rings is 1. The van der Waals surface area contributed by atoms with E-state index in [0.717, 1.165) is 31.2 Å². The van der Waals surface area contributed by atoms with Crippen molar-refractivity contribution in [1.82, 2.24) is 0 Å². The first-order valence-corrected chi connectivity index (χ1v) is 10.5. The SMILES string of the molecule is CCOC(=O)c1c(NC(=O)[C@@H](C)CC)sc2c1CC[C@H](c1ccccc1)C2. The van der Waals surface area contributed by atoms with E-state index in [1.54, 1.807) is 6.92 Å². The summed E-state index contributed by atoms with van der Waals surface area (Å²) in [6, 6.07) is 10.5. The minimum absolute atomic E-state index is 0.0405. The van der Waals surface area contributed by atoms with Gasteiger partial charge in [-0.15, -0.1) is 11.3 Å². The molecule has 0 unspecified atom stereocenters. The zero-order chi connectivity index (χ0) is 19.4. The van der Waals surface area contributed by atoms with Crippen molar-refractivity contribution >= 4 is 28.2 Å². The number of fused-ring (bicyclic) bond motifs is 1. The lowest BCUT2D eigenvalue weighted by molar-refractivity contribution is -0.119. The number of esters is 1. The van der Waals surface area contributed by atoms with Gasteiger partial charge in [0, 0.05) is 10.8 Å². The lowest BCUT2D eigenvalue weighted by Gasteiger charge is -2.23. The van der Waals surface area contributed by atoms with E-state index < -0.39 is 0 Å². The molecule has 1 aromatic heterocycles. The molecule has 4 nitrogen and oxygen atoms in total. The number of nitrogens with one attached hydrogen (secondary N) is 1. The van der Waals surface area contributed by atoms with Crippen LogP contribution in [-0.2, 0) is 22.4 Å². The highest BCUT2D eigenvalue weighted by molar-refractivity contribution is 7.17. The Morgan fingerprint density at radius 1 is 1.26 bits per heavy atom. The van der Waals surface area contributed by atoms with E-state index in [1.807, 2.05) is 19.9 Å². The molecule has 5 heteroatoms. The van der Waals surface area contributed by atoms with Crippen molar-refractivity contribution < 1.29 is 14.3 Å². The number of hydrogen-bond donors (Lipinski definition) is 1. The van der Waals surface area contributed by atoms with E-state index in [0.29, 0.717) is 23.1 Å². The quantitative estimate of drug-likeness (QED) is 0.697. The van der Waals surface area contributed by atoms with Crippen molar-refractivity contribution in [3.8, 4) is 0 Å². The highest BCUT2D eigenvalue weighted by atomic mass is 32.1. The second-order valence-electron chi connectivity index (χ2n) is 7.08. The lowest BCUT2D eigenvalue weighted by atomic mass is 9.83. The fourth-order valence-corrected chi connectivity index (χ4v) is 4.84. The van der Waals surface area contributed by atoms with Gasteiger partial charge in [-0.3, -0.25) is 4.79 Å². The Morgan fingerprint density at radius 2 is 2.00 bits per heavy atom. The van der Waals surface area contributed by atoms with Crippen LogP contribution in [-0.4, -0.2) is 18.5 Å². The molecular formula is C22H27NO3S. The molecule has 1 aliphatic carbocycles. The summed E-state index contributed by atoms with van der Waals surface area (Å²) in [5.74, 6) is -0.00405. The molecule has 0 bridgehead atoms. The van der Waals surface area contributed by atoms with E-state index >= 15 is 0 Å². The molecule has 1 heterocycles. The summed E-state index contributed by atoms with van der Waals surface area (Å²) in [5, 5.41) is 3.64. The highest BCUT2D eigenvalue weighted by Gasteiger charge is 2.31. The van der Waals surface area contributed by atoms with E-state index in [4.69, 9.17) is 4.74 Å². The van der Waals surface area contributed by atoms with Gasteiger partial charge >= 0.3 is 5.97 Å². The predicted molar refractivity (Wildman–Crippen MR) is 110 cm³/mol. The summed E-state index contributed by atoms with van der Waals surface area (Å²) in [7, 11) is 0. The van der Waals surface area contributed by atoms with Crippen molar-refractivity contribution in [2.24, 2.45) is 5.92 Å². The van der Waals surface area contributed by atoms with Crippen molar-refractivity contribution in [1.29, 1.82) is 0 Å². The summed E-state index contributed by atoms with van der Waals surface area (Å²) in [5.41, 5.74) is 2.96. The fraction of sp³-hybridized carbons (Fsp3) is 0.455. The van der Waals surface area contributed by atoms with Gasteiger partial charge in [-0.2, -0.15) is 0 Å². The van der Waals surface area contributed by atoms with Crippen molar-refractivity contribution in [3.63, 3.8) is 0 Å². The maximum atomic E-state index is 12.6. The molecule has 0 radical (unpaired) electrons. The molecule has 2 atom stereocenters. The van der Waals surface area contributed by atoms with Gasteiger partial charge in [-0.1, -0.05) is 44.2 Å². The van der Waals surface area contributed by atoms with Crippen LogP contribution >= 0.6 is 11.3 Å². The minimum Gasteiger partial charge on any atom is -0.462 e. The molecule has 0 saturated carbocycles. The number of thiophene rings is 1. The Labute approximate surface area is 164 Å². The van der Waals surface area contributed by atoms with Crippen LogP contribution in [0.2, 0.25) is 0 Å². The van der Waals surface area contributed by atoms with Crippen LogP contribution in [0.1, 0.15) is 65.9 Å². The third-order valence-corrected chi connectivity index (χ3v) is 6.48. The van der Waals surface area contributed by atoms with Crippen LogP contribution in [0.25, 0.3) is 0 Å². The van der Waals surface area contributed by atoms with Crippen LogP contribution < -0.4 is 5.32 Å². The number of ether oxygens (including phenoxy) is 1. The fourth-order valence-electron chi connectivity index (χ4n) is 3.52. The second-order valence-corrected chi connectivity index (χ2v) is 8.18. The molecule has 1 aromatic carbocycles. The summed E-state index contributed by atoms with van der Waals surface area (Å²) < 4.78 is 5.29. The minimum atomic E-state index is -0.326. The number of carbonyl (C=O) groups is 2. The second kappa shape index (κ2) is 8.70. The third-order valence-electron chi connectivity index (χ3n) is 5.31. The normalized spacial score (nSPS) is 17.1. The van der Waals surface area contributed by atoms with E-state index in [9.17, 15) is 9.59 Å². The summed E-state index contributed by atoms with van der Waals surface area (Å²) >= 11 is 1.54. The lowest BCUT2D eigenvalue weighted by Crippen LogP contribution is -2.21. The number of rotatable bonds is 6. The number of hydrogen-bond acceptors (Lipinski definition) is 4. The highest BCUT2D eigenvalue weighted by Crippen LogP contribution is 2.43. The van der Waals surface area contributed by atoms with Gasteiger partial charge in [0.05, 0.1) is 12.2 Å². The van der Waals surface area contributed by atoms with Gasteiger partial charge < -0.3 is 10.1 Å². The molecule has 2 aromatic rings. The maximum absolute atomic E-state index is 12.6.